The topological polar surface area (TPSA) is 49.8 Å². The number of amides is 1. The van der Waals surface area contributed by atoms with Crippen LogP contribution in [0.15, 0.2) is 0 Å². The van der Waals surface area contributed by atoms with Crippen LogP contribution in [-0.4, -0.2) is 41.4 Å². The molecule has 0 aromatic heterocycles. The first kappa shape index (κ1) is 12.3. The average molecular weight is 215 g/mol. The van der Waals surface area contributed by atoms with Crippen molar-refractivity contribution in [3.05, 3.63) is 0 Å². The molecule has 4 nitrogen and oxygen atoms in total. The van der Waals surface area contributed by atoms with Gasteiger partial charge in [0.25, 0.3) is 0 Å². The standard InChI is InChI=1S/C11H21NO3/c1-3-12(4-2)11(14)15-10-8-6-5-7-9(10)13/h9-10,13H,3-8H2,1-2H3/t9-,10+/m0/s1. The van der Waals surface area contributed by atoms with Crippen LogP contribution >= 0.6 is 0 Å². The molecule has 1 fully saturated rings. The van der Waals surface area contributed by atoms with Crippen LogP contribution in [0.1, 0.15) is 39.5 Å². The van der Waals surface area contributed by atoms with Crippen LogP contribution in [0.5, 0.6) is 0 Å². The van der Waals surface area contributed by atoms with E-state index in [0.29, 0.717) is 13.1 Å². The number of rotatable bonds is 3. The summed E-state index contributed by atoms with van der Waals surface area (Å²) in [5.41, 5.74) is 0. The zero-order valence-corrected chi connectivity index (χ0v) is 9.61. The fourth-order valence-electron chi connectivity index (χ4n) is 1.90. The molecule has 1 aliphatic carbocycles. The molecule has 0 saturated heterocycles. The van der Waals surface area contributed by atoms with Crippen molar-refractivity contribution in [1.82, 2.24) is 4.90 Å². The lowest BCUT2D eigenvalue weighted by molar-refractivity contribution is -0.0320. The van der Waals surface area contributed by atoms with E-state index in [1.165, 1.54) is 0 Å². The van der Waals surface area contributed by atoms with Crippen LogP contribution < -0.4 is 0 Å². The smallest absolute Gasteiger partial charge is 0.410 e. The number of carbonyl (C=O) groups excluding carboxylic acids is 1. The lowest BCUT2D eigenvalue weighted by Crippen LogP contribution is -2.39. The van der Waals surface area contributed by atoms with Gasteiger partial charge in [0.05, 0.1) is 6.10 Å². The summed E-state index contributed by atoms with van der Waals surface area (Å²) < 4.78 is 5.28. The first-order valence-electron chi connectivity index (χ1n) is 5.82. The van der Waals surface area contributed by atoms with Gasteiger partial charge in [-0.1, -0.05) is 6.42 Å². The van der Waals surface area contributed by atoms with Crippen molar-refractivity contribution in [3.8, 4) is 0 Å². The van der Waals surface area contributed by atoms with Crippen molar-refractivity contribution < 1.29 is 14.6 Å². The maximum Gasteiger partial charge on any atom is 0.410 e. The normalized spacial score (nSPS) is 26.1. The maximum atomic E-state index is 11.6. The van der Waals surface area contributed by atoms with Gasteiger partial charge in [0, 0.05) is 13.1 Å². The van der Waals surface area contributed by atoms with Gasteiger partial charge in [0.15, 0.2) is 0 Å². The third kappa shape index (κ3) is 3.38. The first-order valence-corrected chi connectivity index (χ1v) is 5.82. The van der Waals surface area contributed by atoms with Gasteiger partial charge in [0.2, 0.25) is 0 Å². The van der Waals surface area contributed by atoms with E-state index < -0.39 is 6.10 Å². The van der Waals surface area contributed by atoms with E-state index in [4.69, 9.17) is 4.74 Å². The van der Waals surface area contributed by atoms with E-state index in [-0.39, 0.29) is 12.2 Å². The molecule has 1 N–H and O–H groups in total. The Morgan fingerprint density at radius 3 is 2.47 bits per heavy atom. The van der Waals surface area contributed by atoms with Gasteiger partial charge in [-0.05, 0) is 33.1 Å². The van der Waals surface area contributed by atoms with Crippen LogP contribution in [0.2, 0.25) is 0 Å². The molecular formula is C11H21NO3. The Labute approximate surface area is 91.2 Å². The molecule has 15 heavy (non-hydrogen) atoms. The van der Waals surface area contributed by atoms with Crippen LogP contribution in [0.4, 0.5) is 4.79 Å². The molecule has 0 unspecified atom stereocenters. The minimum absolute atomic E-state index is 0.299. The van der Waals surface area contributed by atoms with Gasteiger partial charge in [-0.3, -0.25) is 0 Å². The lowest BCUT2D eigenvalue weighted by atomic mass is 9.95. The van der Waals surface area contributed by atoms with Crippen molar-refractivity contribution in [2.45, 2.75) is 51.7 Å². The molecule has 1 aliphatic rings. The van der Waals surface area contributed by atoms with Crippen LogP contribution in [0, 0.1) is 0 Å². The molecule has 1 amide bonds. The summed E-state index contributed by atoms with van der Waals surface area (Å²) in [6, 6.07) is 0. The number of hydrogen-bond donors (Lipinski definition) is 1. The van der Waals surface area contributed by atoms with Gasteiger partial charge < -0.3 is 14.7 Å². The quantitative estimate of drug-likeness (QED) is 0.780. The second kappa shape index (κ2) is 5.95. The van der Waals surface area contributed by atoms with Crippen molar-refractivity contribution in [2.24, 2.45) is 0 Å². The molecule has 0 aromatic carbocycles. The van der Waals surface area contributed by atoms with E-state index in [1.807, 2.05) is 13.8 Å². The zero-order valence-electron chi connectivity index (χ0n) is 9.61. The Hall–Kier alpha value is -0.770. The highest BCUT2D eigenvalue weighted by atomic mass is 16.6. The molecule has 0 spiro atoms. The van der Waals surface area contributed by atoms with Crippen LogP contribution in [-0.2, 0) is 4.74 Å². The highest BCUT2D eigenvalue weighted by Gasteiger charge is 2.27. The molecule has 0 radical (unpaired) electrons. The SMILES string of the molecule is CCN(CC)C(=O)O[C@@H]1CCCC[C@@H]1O. The van der Waals surface area contributed by atoms with Gasteiger partial charge in [0.1, 0.15) is 6.10 Å². The molecule has 2 atom stereocenters. The predicted octanol–water partition coefficient (Wildman–Crippen LogP) is 1.77. The van der Waals surface area contributed by atoms with Gasteiger partial charge in [-0.2, -0.15) is 0 Å². The molecule has 0 aliphatic heterocycles. The third-order valence-corrected chi connectivity index (χ3v) is 2.94. The Morgan fingerprint density at radius 1 is 1.33 bits per heavy atom. The summed E-state index contributed by atoms with van der Waals surface area (Å²) in [6.45, 7) is 5.14. The largest absolute Gasteiger partial charge is 0.443 e. The predicted molar refractivity (Wildman–Crippen MR) is 57.7 cm³/mol. The summed E-state index contributed by atoms with van der Waals surface area (Å²) in [5, 5.41) is 9.65. The number of nitrogens with zero attached hydrogens (tertiary/aromatic N) is 1. The van der Waals surface area contributed by atoms with Gasteiger partial charge >= 0.3 is 6.09 Å². The summed E-state index contributed by atoms with van der Waals surface area (Å²) in [5.74, 6) is 0. The van der Waals surface area contributed by atoms with Crippen molar-refractivity contribution in [1.29, 1.82) is 0 Å². The van der Waals surface area contributed by atoms with Crippen molar-refractivity contribution >= 4 is 6.09 Å². The van der Waals surface area contributed by atoms with E-state index in [2.05, 4.69) is 0 Å². The fourth-order valence-corrected chi connectivity index (χ4v) is 1.90. The molecule has 4 heteroatoms. The number of ether oxygens (including phenoxy) is 1. The fraction of sp³-hybridized carbons (Fsp3) is 0.909. The maximum absolute atomic E-state index is 11.6. The third-order valence-electron chi connectivity index (χ3n) is 2.94. The van der Waals surface area contributed by atoms with E-state index in [1.54, 1.807) is 4.90 Å². The minimum Gasteiger partial charge on any atom is -0.443 e. The zero-order chi connectivity index (χ0) is 11.3. The molecule has 1 rings (SSSR count). The monoisotopic (exact) mass is 215 g/mol. The molecule has 1 saturated carbocycles. The summed E-state index contributed by atoms with van der Waals surface area (Å²) in [7, 11) is 0. The van der Waals surface area contributed by atoms with Gasteiger partial charge in [-0.25, -0.2) is 4.79 Å². The van der Waals surface area contributed by atoms with E-state index >= 15 is 0 Å². The Bertz CT molecular complexity index is 204. The Kier molecular flexibility index (Phi) is 4.88. The van der Waals surface area contributed by atoms with Crippen LogP contribution in [0.3, 0.4) is 0 Å². The molecule has 0 bridgehead atoms. The lowest BCUT2D eigenvalue weighted by Gasteiger charge is -2.29. The summed E-state index contributed by atoms with van der Waals surface area (Å²) in [6.07, 6.45) is 2.52. The number of aliphatic hydroxyl groups excluding tert-OH is 1. The second-order valence-electron chi connectivity index (χ2n) is 3.95. The van der Waals surface area contributed by atoms with E-state index in [0.717, 1.165) is 25.7 Å². The molecular weight excluding hydrogens is 194 g/mol. The number of hydrogen-bond acceptors (Lipinski definition) is 3. The highest BCUT2D eigenvalue weighted by Crippen LogP contribution is 2.21. The first-order chi connectivity index (χ1) is 7.19. The van der Waals surface area contributed by atoms with Crippen LogP contribution in [0.25, 0.3) is 0 Å². The van der Waals surface area contributed by atoms with E-state index in [9.17, 15) is 9.90 Å². The summed E-state index contributed by atoms with van der Waals surface area (Å²) >= 11 is 0. The van der Waals surface area contributed by atoms with Crippen molar-refractivity contribution in [3.63, 3.8) is 0 Å². The Morgan fingerprint density at radius 2 is 1.93 bits per heavy atom. The molecule has 0 heterocycles. The number of aliphatic hydroxyl groups is 1. The minimum atomic E-state index is -0.474. The number of carbonyl (C=O) groups is 1. The van der Waals surface area contributed by atoms with Crippen molar-refractivity contribution in [2.75, 3.05) is 13.1 Å². The average Bonchev–Trinajstić information content (AvgIpc) is 2.23. The van der Waals surface area contributed by atoms with Gasteiger partial charge in [-0.15, -0.1) is 0 Å². The molecule has 88 valence electrons. The molecule has 0 aromatic rings. The highest BCUT2D eigenvalue weighted by molar-refractivity contribution is 5.67. The second-order valence-corrected chi connectivity index (χ2v) is 3.95. The Balaban J connectivity index is 2.41. The summed E-state index contributed by atoms with van der Waals surface area (Å²) in [4.78, 5) is 13.2.